The van der Waals surface area contributed by atoms with E-state index in [1.807, 2.05) is 0 Å². The highest BCUT2D eigenvalue weighted by Crippen LogP contribution is 2.11. The number of nitrogens with one attached hydrogen (secondary N) is 1. The molecule has 0 aromatic heterocycles. The standard InChI is InChI=1S/C13H29NO3S/c1-5-8-14-13(10-12(2)11-17-3)7-6-9-18(4,15)16/h12-14H,5-11H2,1-4H3. The second-order valence-electron chi connectivity index (χ2n) is 5.22. The van der Waals surface area contributed by atoms with Crippen LogP contribution in [0.5, 0.6) is 0 Å². The lowest BCUT2D eigenvalue weighted by Gasteiger charge is -2.21. The van der Waals surface area contributed by atoms with Gasteiger partial charge in [0.15, 0.2) is 0 Å². The molecule has 0 bridgehead atoms. The number of sulfone groups is 1. The van der Waals surface area contributed by atoms with Gasteiger partial charge in [-0.3, -0.25) is 0 Å². The molecule has 5 heteroatoms. The van der Waals surface area contributed by atoms with E-state index in [0.717, 1.165) is 38.8 Å². The zero-order chi connectivity index (χ0) is 14.0. The van der Waals surface area contributed by atoms with Gasteiger partial charge in [0.05, 0.1) is 0 Å². The summed E-state index contributed by atoms with van der Waals surface area (Å²) in [5.41, 5.74) is 0. The summed E-state index contributed by atoms with van der Waals surface area (Å²) in [5.74, 6) is 0.790. The summed E-state index contributed by atoms with van der Waals surface area (Å²) < 4.78 is 27.4. The molecule has 0 spiro atoms. The minimum Gasteiger partial charge on any atom is -0.384 e. The summed E-state index contributed by atoms with van der Waals surface area (Å²) in [6.45, 7) is 6.06. The van der Waals surface area contributed by atoms with E-state index in [1.54, 1.807) is 7.11 Å². The zero-order valence-corrected chi connectivity index (χ0v) is 13.1. The van der Waals surface area contributed by atoms with Gasteiger partial charge >= 0.3 is 0 Å². The quantitative estimate of drug-likeness (QED) is 0.627. The van der Waals surface area contributed by atoms with Gasteiger partial charge in [-0.25, -0.2) is 8.42 Å². The van der Waals surface area contributed by atoms with Crippen molar-refractivity contribution in [3.8, 4) is 0 Å². The summed E-state index contributed by atoms with van der Waals surface area (Å²) in [6.07, 6.45) is 5.09. The number of methoxy groups -OCH3 is 1. The first kappa shape index (κ1) is 17.9. The molecule has 2 unspecified atom stereocenters. The second-order valence-corrected chi connectivity index (χ2v) is 7.48. The molecule has 0 radical (unpaired) electrons. The molecule has 0 aliphatic rings. The van der Waals surface area contributed by atoms with Gasteiger partial charge < -0.3 is 10.1 Å². The molecule has 0 amide bonds. The molecule has 0 aliphatic carbocycles. The maximum atomic E-state index is 11.1. The maximum Gasteiger partial charge on any atom is 0.147 e. The zero-order valence-electron chi connectivity index (χ0n) is 12.2. The van der Waals surface area contributed by atoms with Gasteiger partial charge in [0.25, 0.3) is 0 Å². The summed E-state index contributed by atoms with van der Waals surface area (Å²) in [7, 11) is -1.11. The van der Waals surface area contributed by atoms with E-state index in [4.69, 9.17) is 4.74 Å². The summed E-state index contributed by atoms with van der Waals surface area (Å²) >= 11 is 0. The van der Waals surface area contributed by atoms with Crippen LogP contribution in [0, 0.1) is 5.92 Å². The van der Waals surface area contributed by atoms with Crippen LogP contribution >= 0.6 is 0 Å². The Labute approximate surface area is 112 Å². The van der Waals surface area contributed by atoms with Crippen molar-refractivity contribution >= 4 is 9.84 Å². The number of hydrogen-bond acceptors (Lipinski definition) is 4. The van der Waals surface area contributed by atoms with Gasteiger partial charge in [-0.1, -0.05) is 13.8 Å². The van der Waals surface area contributed by atoms with Crippen LogP contribution in [0.25, 0.3) is 0 Å². The molecule has 0 fully saturated rings. The molecule has 1 N–H and O–H groups in total. The van der Waals surface area contributed by atoms with Crippen LogP contribution in [0.4, 0.5) is 0 Å². The third kappa shape index (κ3) is 11.0. The second kappa shape index (κ2) is 9.75. The smallest absolute Gasteiger partial charge is 0.147 e. The largest absolute Gasteiger partial charge is 0.384 e. The van der Waals surface area contributed by atoms with Gasteiger partial charge in [0, 0.05) is 31.8 Å². The Morgan fingerprint density at radius 3 is 2.50 bits per heavy atom. The molecule has 110 valence electrons. The van der Waals surface area contributed by atoms with Crippen LogP contribution in [0.15, 0.2) is 0 Å². The highest BCUT2D eigenvalue weighted by Gasteiger charge is 2.13. The van der Waals surface area contributed by atoms with E-state index in [-0.39, 0.29) is 5.75 Å². The van der Waals surface area contributed by atoms with Gasteiger partial charge in [-0.05, 0) is 38.1 Å². The Hall–Kier alpha value is -0.130. The predicted octanol–water partition coefficient (Wildman–Crippen LogP) is 1.85. The van der Waals surface area contributed by atoms with E-state index >= 15 is 0 Å². The van der Waals surface area contributed by atoms with Crippen LogP contribution in [0.2, 0.25) is 0 Å². The van der Waals surface area contributed by atoms with Crippen molar-refractivity contribution in [2.45, 2.75) is 45.6 Å². The minimum atomic E-state index is -2.83. The molecule has 0 heterocycles. The highest BCUT2D eigenvalue weighted by molar-refractivity contribution is 7.90. The molecule has 0 saturated heterocycles. The van der Waals surface area contributed by atoms with Crippen molar-refractivity contribution in [1.82, 2.24) is 5.32 Å². The molecule has 0 aliphatic heterocycles. The third-order valence-electron chi connectivity index (χ3n) is 2.89. The van der Waals surface area contributed by atoms with E-state index in [9.17, 15) is 8.42 Å². The van der Waals surface area contributed by atoms with Crippen LogP contribution in [0.1, 0.15) is 39.5 Å². The fourth-order valence-electron chi connectivity index (χ4n) is 2.08. The normalized spacial score (nSPS) is 15.6. The molecule has 4 nitrogen and oxygen atoms in total. The molecular formula is C13H29NO3S. The van der Waals surface area contributed by atoms with Crippen molar-refractivity contribution in [3.63, 3.8) is 0 Å². The Bertz CT molecular complexity index is 291. The minimum absolute atomic E-state index is 0.288. The topological polar surface area (TPSA) is 55.4 Å². The van der Waals surface area contributed by atoms with Gasteiger partial charge in [0.2, 0.25) is 0 Å². The van der Waals surface area contributed by atoms with E-state index in [0.29, 0.717) is 12.0 Å². The lowest BCUT2D eigenvalue weighted by molar-refractivity contribution is 0.148. The van der Waals surface area contributed by atoms with Crippen molar-refractivity contribution in [2.75, 3.05) is 32.3 Å². The SMILES string of the molecule is CCCNC(CCCS(C)(=O)=O)CC(C)COC. The van der Waals surface area contributed by atoms with Crippen LogP contribution in [-0.4, -0.2) is 46.7 Å². The number of ether oxygens (including phenoxy) is 1. The fraction of sp³-hybridized carbons (Fsp3) is 1.00. The highest BCUT2D eigenvalue weighted by atomic mass is 32.2. The molecule has 0 saturated carbocycles. The van der Waals surface area contributed by atoms with E-state index in [1.165, 1.54) is 6.26 Å². The first-order chi connectivity index (χ1) is 8.39. The third-order valence-corrected chi connectivity index (χ3v) is 3.92. The Kier molecular flexibility index (Phi) is 9.68. The summed E-state index contributed by atoms with van der Waals surface area (Å²) in [5, 5.41) is 3.49. The lowest BCUT2D eigenvalue weighted by Crippen LogP contribution is -2.32. The number of hydrogen-bond donors (Lipinski definition) is 1. The van der Waals surface area contributed by atoms with Gasteiger partial charge in [-0.2, -0.15) is 0 Å². The van der Waals surface area contributed by atoms with Crippen molar-refractivity contribution in [3.05, 3.63) is 0 Å². The van der Waals surface area contributed by atoms with Crippen molar-refractivity contribution in [2.24, 2.45) is 5.92 Å². The number of rotatable bonds is 11. The van der Waals surface area contributed by atoms with Crippen molar-refractivity contribution in [1.29, 1.82) is 0 Å². The Balaban J connectivity index is 4.05. The first-order valence-corrected chi connectivity index (χ1v) is 8.85. The van der Waals surface area contributed by atoms with Gasteiger partial charge in [-0.15, -0.1) is 0 Å². The fourth-order valence-corrected chi connectivity index (χ4v) is 2.77. The van der Waals surface area contributed by atoms with Crippen molar-refractivity contribution < 1.29 is 13.2 Å². The predicted molar refractivity (Wildman–Crippen MR) is 76.7 cm³/mol. The molecule has 0 rings (SSSR count). The monoisotopic (exact) mass is 279 g/mol. The average molecular weight is 279 g/mol. The van der Waals surface area contributed by atoms with Gasteiger partial charge in [0.1, 0.15) is 9.84 Å². The first-order valence-electron chi connectivity index (χ1n) is 6.79. The molecule has 18 heavy (non-hydrogen) atoms. The maximum absolute atomic E-state index is 11.1. The lowest BCUT2D eigenvalue weighted by atomic mass is 9.99. The van der Waals surface area contributed by atoms with Crippen LogP contribution in [0.3, 0.4) is 0 Å². The van der Waals surface area contributed by atoms with E-state index in [2.05, 4.69) is 19.2 Å². The molecule has 0 aromatic carbocycles. The summed E-state index contributed by atoms with van der Waals surface area (Å²) in [6, 6.07) is 0.400. The summed E-state index contributed by atoms with van der Waals surface area (Å²) in [4.78, 5) is 0. The molecular weight excluding hydrogens is 250 g/mol. The average Bonchev–Trinajstić information content (AvgIpc) is 2.24. The Morgan fingerprint density at radius 2 is 2.00 bits per heavy atom. The Morgan fingerprint density at radius 1 is 1.33 bits per heavy atom. The van der Waals surface area contributed by atoms with Crippen LogP contribution < -0.4 is 5.32 Å². The molecule has 0 aromatic rings. The van der Waals surface area contributed by atoms with Crippen LogP contribution in [-0.2, 0) is 14.6 Å². The molecule has 2 atom stereocenters. The van der Waals surface area contributed by atoms with E-state index < -0.39 is 9.84 Å².